The maximum atomic E-state index is 13.6. The summed E-state index contributed by atoms with van der Waals surface area (Å²) in [6.45, 7) is 4.93. The lowest BCUT2D eigenvalue weighted by atomic mass is 10.2. The highest BCUT2D eigenvalue weighted by molar-refractivity contribution is 6.31. The van der Waals surface area contributed by atoms with Crippen molar-refractivity contribution in [3.8, 4) is 5.75 Å². The van der Waals surface area contributed by atoms with Gasteiger partial charge in [0, 0.05) is 28.7 Å². The number of rotatable bonds is 6. The van der Waals surface area contributed by atoms with E-state index in [1.54, 1.807) is 18.2 Å². The van der Waals surface area contributed by atoms with Crippen LogP contribution in [0.15, 0.2) is 42.5 Å². The molecule has 0 aliphatic heterocycles. The van der Waals surface area contributed by atoms with Gasteiger partial charge in [-0.25, -0.2) is 4.39 Å². The Morgan fingerprint density at radius 3 is 2.62 bits per heavy atom. The first kappa shape index (κ1) is 15.8. The number of ether oxygens (including phenoxy) is 1. The van der Waals surface area contributed by atoms with Gasteiger partial charge in [0.15, 0.2) is 0 Å². The van der Waals surface area contributed by atoms with Crippen molar-refractivity contribution < 1.29 is 9.13 Å². The number of hydrogen-bond donors (Lipinski definition) is 1. The van der Waals surface area contributed by atoms with E-state index in [0.717, 1.165) is 5.56 Å². The number of nitrogens with one attached hydrogen (secondary N) is 1. The van der Waals surface area contributed by atoms with Gasteiger partial charge >= 0.3 is 0 Å². The summed E-state index contributed by atoms with van der Waals surface area (Å²) in [5.74, 6) is 0.417. The van der Waals surface area contributed by atoms with Crippen LogP contribution in [0.4, 0.5) is 4.39 Å². The molecule has 0 radical (unpaired) electrons. The fourth-order valence-electron chi connectivity index (χ4n) is 1.92. The van der Waals surface area contributed by atoms with E-state index in [9.17, 15) is 4.39 Å². The molecule has 0 saturated heterocycles. The lowest BCUT2D eigenvalue weighted by Gasteiger charge is -2.15. The van der Waals surface area contributed by atoms with Gasteiger partial charge in [-0.2, -0.15) is 0 Å². The average Bonchev–Trinajstić information content (AvgIpc) is 2.45. The lowest BCUT2D eigenvalue weighted by Crippen LogP contribution is -2.22. The van der Waals surface area contributed by atoms with E-state index in [2.05, 4.69) is 19.2 Å². The first-order chi connectivity index (χ1) is 10.1. The van der Waals surface area contributed by atoms with Gasteiger partial charge in [-0.15, -0.1) is 0 Å². The van der Waals surface area contributed by atoms with Gasteiger partial charge in [-0.3, -0.25) is 0 Å². The number of halogens is 2. The standard InChI is InChI=1S/C17H19ClFNO/c1-12(2)20-10-14-15(18)7-5-9-17(14)21-11-13-6-3-4-8-16(13)19/h3-9,12,20H,10-11H2,1-2H3. The third-order valence-corrected chi connectivity index (χ3v) is 3.46. The van der Waals surface area contributed by atoms with Gasteiger partial charge in [0.25, 0.3) is 0 Å². The van der Waals surface area contributed by atoms with Crippen LogP contribution in [0, 0.1) is 5.82 Å². The quantitative estimate of drug-likeness (QED) is 0.845. The smallest absolute Gasteiger partial charge is 0.129 e. The average molecular weight is 308 g/mol. The Balaban J connectivity index is 2.12. The van der Waals surface area contributed by atoms with Crippen LogP contribution in [0.2, 0.25) is 5.02 Å². The first-order valence-electron chi connectivity index (χ1n) is 6.95. The van der Waals surface area contributed by atoms with Crippen LogP contribution in [-0.4, -0.2) is 6.04 Å². The molecule has 0 aliphatic carbocycles. The van der Waals surface area contributed by atoms with Crippen molar-refractivity contribution in [3.63, 3.8) is 0 Å². The first-order valence-corrected chi connectivity index (χ1v) is 7.32. The molecule has 4 heteroatoms. The molecule has 2 rings (SSSR count). The normalized spacial score (nSPS) is 10.9. The molecule has 0 saturated carbocycles. The molecule has 21 heavy (non-hydrogen) atoms. The molecule has 2 nitrogen and oxygen atoms in total. The summed E-state index contributed by atoms with van der Waals surface area (Å²) < 4.78 is 19.4. The SMILES string of the molecule is CC(C)NCc1c(Cl)cccc1OCc1ccccc1F. The highest BCUT2D eigenvalue weighted by atomic mass is 35.5. The molecule has 0 amide bonds. The van der Waals surface area contributed by atoms with E-state index in [1.165, 1.54) is 6.07 Å². The van der Waals surface area contributed by atoms with Crippen LogP contribution in [0.3, 0.4) is 0 Å². The number of benzene rings is 2. The van der Waals surface area contributed by atoms with Gasteiger partial charge < -0.3 is 10.1 Å². The molecule has 0 fully saturated rings. The molecule has 0 heterocycles. The Hall–Kier alpha value is -1.58. The molecule has 2 aromatic rings. The van der Waals surface area contributed by atoms with Crippen LogP contribution >= 0.6 is 11.6 Å². The van der Waals surface area contributed by atoms with Crippen LogP contribution in [-0.2, 0) is 13.2 Å². The molecular weight excluding hydrogens is 289 g/mol. The van der Waals surface area contributed by atoms with Crippen molar-refractivity contribution in [2.45, 2.75) is 33.0 Å². The largest absolute Gasteiger partial charge is 0.488 e. The fraction of sp³-hybridized carbons (Fsp3) is 0.294. The topological polar surface area (TPSA) is 21.3 Å². The summed E-state index contributed by atoms with van der Waals surface area (Å²) in [5.41, 5.74) is 1.42. The zero-order chi connectivity index (χ0) is 15.2. The van der Waals surface area contributed by atoms with Gasteiger partial charge in [0.1, 0.15) is 18.2 Å². The monoisotopic (exact) mass is 307 g/mol. The van der Waals surface area contributed by atoms with Gasteiger partial charge in [0.2, 0.25) is 0 Å². The van der Waals surface area contributed by atoms with Crippen LogP contribution in [0.5, 0.6) is 5.75 Å². The highest BCUT2D eigenvalue weighted by Crippen LogP contribution is 2.27. The van der Waals surface area contributed by atoms with E-state index >= 15 is 0 Å². The summed E-state index contributed by atoms with van der Waals surface area (Å²) in [5, 5.41) is 3.96. The summed E-state index contributed by atoms with van der Waals surface area (Å²) in [4.78, 5) is 0. The minimum atomic E-state index is -0.263. The third-order valence-electron chi connectivity index (χ3n) is 3.10. The molecule has 1 N–H and O–H groups in total. The minimum absolute atomic E-state index is 0.182. The summed E-state index contributed by atoms with van der Waals surface area (Å²) in [6.07, 6.45) is 0. The molecule has 0 spiro atoms. The third kappa shape index (κ3) is 4.45. The van der Waals surface area contributed by atoms with Crippen molar-refractivity contribution in [2.75, 3.05) is 0 Å². The molecule has 2 aromatic carbocycles. The molecule has 0 aliphatic rings. The van der Waals surface area contributed by atoms with Crippen molar-refractivity contribution in [3.05, 3.63) is 64.4 Å². The summed E-state index contributed by atoms with van der Waals surface area (Å²) >= 11 is 6.23. The van der Waals surface area contributed by atoms with Crippen molar-refractivity contribution in [2.24, 2.45) is 0 Å². The highest BCUT2D eigenvalue weighted by Gasteiger charge is 2.10. The second-order valence-corrected chi connectivity index (χ2v) is 5.54. The van der Waals surface area contributed by atoms with Crippen LogP contribution in [0.1, 0.15) is 25.0 Å². The molecule has 0 aromatic heterocycles. The van der Waals surface area contributed by atoms with Crippen LogP contribution in [0.25, 0.3) is 0 Å². The maximum Gasteiger partial charge on any atom is 0.129 e. The molecule has 112 valence electrons. The Morgan fingerprint density at radius 1 is 1.14 bits per heavy atom. The second-order valence-electron chi connectivity index (χ2n) is 5.13. The Kier molecular flexibility index (Phi) is 5.59. The molecule has 0 atom stereocenters. The van der Waals surface area contributed by atoms with Crippen molar-refractivity contribution in [1.82, 2.24) is 5.32 Å². The van der Waals surface area contributed by atoms with Gasteiger partial charge in [-0.1, -0.05) is 49.7 Å². The van der Waals surface area contributed by atoms with E-state index in [-0.39, 0.29) is 12.4 Å². The summed E-state index contributed by atoms with van der Waals surface area (Å²) in [6, 6.07) is 12.5. The lowest BCUT2D eigenvalue weighted by molar-refractivity contribution is 0.295. The van der Waals surface area contributed by atoms with E-state index < -0.39 is 0 Å². The predicted octanol–water partition coefficient (Wildman–Crippen LogP) is 4.56. The van der Waals surface area contributed by atoms with E-state index in [0.29, 0.717) is 28.9 Å². The Bertz CT molecular complexity index is 601. The van der Waals surface area contributed by atoms with E-state index in [4.69, 9.17) is 16.3 Å². The zero-order valence-electron chi connectivity index (χ0n) is 12.2. The Morgan fingerprint density at radius 2 is 1.90 bits per heavy atom. The van der Waals surface area contributed by atoms with Crippen molar-refractivity contribution in [1.29, 1.82) is 0 Å². The second kappa shape index (κ2) is 7.43. The predicted molar refractivity (Wildman–Crippen MR) is 84.2 cm³/mol. The molecular formula is C17H19ClFNO. The van der Waals surface area contributed by atoms with E-state index in [1.807, 2.05) is 18.2 Å². The minimum Gasteiger partial charge on any atom is -0.488 e. The van der Waals surface area contributed by atoms with Gasteiger partial charge in [-0.05, 0) is 18.2 Å². The molecule has 0 unspecified atom stereocenters. The molecule has 0 bridgehead atoms. The summed E-state index contributed by atoms with van der Waals surface area (Å²) in [7, 11) is 0. The van der Waals surface area contributed by atoms with Crippen molar-refractivity contribution >= 4 is 11.6 Å². The Labute approximate surface area is 129 Å². The van der Waals surface area contributed by atoms with Crippen LogP contribution < -0.4 is 10.1 Å². The van der Waals surface area contributed by atoms with Gasteiger partial charge in [0.05, 0.1) is 0 Å². The zero-order valence-corrected chi connectivity index (χ0v) is 13.0. The maximum absolute atomic E-state index is 13.6. The number of hydrogen-bond acceptors (Lipinski definition) is 2. The fourth-order valence-corrected chi connectivity index (χ4v) is 2.16.